The first kappa shape index (κ1) is 17.3. The maximum atomic E-state index is 5.49. The van der Waals surface area contributed by atoms with Gasteiger partial charge in [-0.1, -0.05) is 0 Å². The van der Waals surface area contributed by atoms with E-state index in [1.54, 1.807) is 7.11 Å². The van der Waals surface area contributed by atoms with Crippen molar-refractivity contribution in [2.24, 2.45) is 0 Å². The van der Waals surface area contributed by atoms with E-state index in [-0.39, 0.29) is 0 Å². The van der Waals surface area contributed by atoms with Crippen LogP contribution in [0.4, 0.5) is 0 Å². The molecule has 0 fully saturated rings. The van der Waals surface area contributed by atoms with Gasteiger partial charge in [-0.25, -0.2) is 0 Å². The third-order valence-electron chi connectivity index (χ3n) is 3.46. The van der Waals surface area contributed by atoms with E-state index in [0.717, 1.165) is 16.4 Å². The third-order valence-corrected chi connectivity index (χ3v) is 7.92. The van der Waals surface area contributed by atoms with E-state index in [9.17, 15) is 0 Å². The first-order chi connectivity index (χ1) is 11.8. The van der Waals surface area contributed by atoms with Crippen LogP contribution in [0.3, 0.4) is 0 Å². The fourth-order valence-corrected chi connectivity index (χ4v) is 5.76. The second kappa shape index (κ2) is 9.11. The minimum absolute atomic E-state index is 0.436. The molecule has 122 valence electrons. The van der Waals surface area contributed by atoms with Crippen LogP contribution in [-0.4, -0.2) is 37.0 Å². The molecule has 24 heavy (non-hydrogen) atoms. The summed E-state index contributed by atoms with van der Waals surface area (Å²) in [6.45, 7) is 0. The van der Waals surface area contributed by atoms with Crippen molar-refractivity contribution in [2.45, 2.75) is 10.6 Å². The topological polar surface area (TPSA) is 9.23 Å². The van der Waals surface area contributed by atoms with E-state index in [0.29, 0.717) is 29.9 Å². The second-order valence-electron chi connectivity index (χ2n) is 5.27. The molecule has 3 rings (SSSR count). The molecule has 0 aliphatic rings. The summed E-state index contributed by atoms with van der Waals surface area (Å²) in [5, 5.41) is 2.11. The molecule has 0 aliphatic carbocycles. The molecule has 3 aromatic rings. The molecule has 0 heterocycles. The Morgan fingerprint density at radius 3 is 1.62 bits per heavy atom. The average Bonchev–Trinajstić information content (AvgIpc) is 2.66. The van der Waals surface area contributed by atoms with Crippen molar-refractivity contribution in [2.75, 3.05) is 7.11 Å². The van der Waals surface area contributed by atoms with Crippen molar-refractivity contribution in [3.8, 4) is 5.75 Å². The summed E-state index contributed by atoms with van der Waals surface area (Å²) in [5.41, 5.74) is 2.52. The van der Waals surface area contributed by atoms with E-state index < -0.39 is 0 Å². The van der Waals surface area contributed by atoms with E-state index >= 15 is 0 Å². The predicted octanol–water partition coefficient (Wildman–Crippen LogP) is 2.55. The van der Waals surface area contributed by atoms with Gasteiger partial charge in [0.05, 0.1) is 0 Å². The third kappa shape index (κ3) is 5.26. The molecule has 3 heteroatoms. The fourth-order valence-electron chi connectivity index (χ4n) is 2.29. The van der Waals surface area contributed by atoms with Crippen LogP contribution in [-0.2, 0) is 10.6 Å². The molecular weight excluding hydrogens is 426 g/mol. The van der Waals surface area contributed by atoms with Gasteiger partial charge < -0.3 is 0 Å². The Labute approximate surface area is 156 Å². The number of ether oxygens (including phenoxy) is 1. The summed E-state index contributed by atoms with van der Waals surface area (Å²) in [5.74, 6) is 0.950. The van der Waals surface area contributed by atoms with Gasteiger partial charge in [0, 0.05) is 0 Å². The summed E-state index contributed by atoms with van der Waals surface area (Å²) in [7, 11) is 1.74. The normalized spacial score (nSPS) is 10.5. The standard InChI is InChI=1S/C21H19OSe2/c1-22-19-13-17(15-23-20-8-4-2-5-9-20)12-18(14-19)16-24-21-10-6-3-7-11-21/h2-11,13-14H,15-16H2,1H3/q-1. The quantitative estimate of drug-likeness (QED) is 0.402. The van der Waals surface area contributed by atoms with E-state index in [1.807, 2.05) is 0 Å². The monoisotopic (exact) mass is 447 g/mol. The molecule has 0 unspecified atom stereocenters. The molecule has 0 spiro atoms. The minimum atomic E-state index is 0.436. The van der Waals surface area contributed by atoms with Gasteiger partial charge in [-0.05, 0) is 0 Å². The van der Waals surface area contributed by atoms with Gasteiger partial charge in [0.15, 0.2) is 0 Å². The van der Waals surface area contributed by atoms with Crippen molar-refractivity contribution in [1.29, 1.82) is 0 Å². The number of rotatable bonds is 7. The maximum absolute atomic E-state index is 5.49. The van der Waals surface area contributed by atoms with Crippen LogP contribution < -0.4 is 13.7 Å². The fraction of sp³-hybridized carbons (Fsp3) is 0.143. The van der Waals surface area contributed by atoms with Gasteiger partial charge >= 0.3 is 157 Å². The average molecular weight is 445 g/mol. The summed E-state index contributed by atoms with van der Waals surface area (Å²) in [6, 6.07) is 29.3. The first-order valence-electron chi connectivity index (χ1n) is 7.78. The Bertz CT molecular complexity index is 696. The molecular formula is C21H19OSe2-. The van der Waals surface area contributed by atoms with Crippen LogP contribution >= 0.6 is 0 Å². The zero-order valence-corrected chi connectivity index (χ0v) is 17.0. The van der Waals surface area contributed by atoms with Gasteiger partial charge in [-0.3, -0.25) is 0 Å². The molecule has 0 radical (unpaired) electrons. The molecule has 0 bridgehead atoms. The molecule has 0 aliphatic heterocycles. The van der Waals surface area contributed by atoms with Gasteiger partial charge in [-0.2, -0.15) is 0 Å². The van der Waals surface area contributed by atoms with Crippen molar-refractivity contribution >= 4 is 38.8 Å². The second-order valence-corrected chi connectivity index (χ2v) is 9.67. The summed E-state index contributed by atoms with van der Waals surface area (Å²) in [4.78, 5) is 0. The Kier molecular flexibility index (Phi) is 6.57. The van der Waals surface area contributed by atoms with Crippen LogP contribution in [0.25, 0.3) is 0 Å². The molecule has 3 aromatic carbocycles. The number of methoxy groups -OCH3 is 1. The van der Waals surface area contributed by atoms with Crippen molar-refractivity contribution in [3.05, 3.63) is 90.0 Å². The molecule has 0 N–H and O–H groups in total. The van der Waals surface area contributed by atoms with E-state index in [1.165, 1.54) is 20.1 Å². The van der Waals surface area contributed by atoms with Crippen LogP contribution in [0.5, 0.6) is 5.75 Å². The zero-order valence-electron chi connectivity index (χ0n) is 13.6. The van der Waals surface area contributed by atoms with Crippen molar-refractivity contribution < 1.29 is 4.74 Å². The van der Waals surface area contributed by atoms with Gasteiger partial charge in [-0.15, -0.1) is 0 Å². The molecule has 0 amide bonds. The number of hydrogen-bond acceptors (Lipinski definition) is 1. The van der Waals surface area contributed by atoms with Crippen LogP contribution in [0.2, 0.25) is 0 Å². The molecule has 0 saturated heterocycles. The van der Waals surface area contributed by atoms with Crippen LogP contribution in [0.15, 0.2) is 72.8 Å². The van der Waals surface area contributed by atoms with Gasteiger partial charge in [0.2, 0.25) is 0 Å². The Hall–Kier alpha value is -1.50. The summed E-state index contributed by atoms with van der Waals surface area (Å²) < 4.78 is 8.35. The van der Waals surface area contributed by atoms with Gasteiger partial charge in [0.25, 0.3) is 0 Å². The zero-order chi connectivity index (χ0) is 16.6. The van der Waals surface area contributed by atoms with Crippen molar-refractivity contribution in [3.63, 3.8) is 0 Å². The summed E-state index contributed by atoms with van der Waals surface area (Å²) >= 11 is 0.873. The molecule has 1 nitrogen and oxygen atoms in total. The van der Waals surface area contributed by atoms with Gasteiger partial charge in [0.1, 0.15) is 0 Å². The first-order valence-corrected chi connectivity index (χ1v) is 11.9. The molecule has 0 atom stereocenters. The SMILES string of the molecule is COc1cc(C[Se]c2ccccc2)[c-]c(C[Se]c2ccccc2)c1. The molecule has 0 saturated carbocycles. The molecule has 0 aromatic heterocycles. The Morgan fingerprint density at radius 2 is 1.21 bits per heavy atom. The van der Waals surface area contributed by atoms with E-state index in [2.05, 4.69) is 78.9 Å². The Balaban J connectivity index is 1.68. The van der Waals surface area contributed by atoms with Crippen LogP contribution in [0.1, 0.15) is 11.1 Å². The summed E-state index contributed by atoms with van der Waals surface area (Å²) in [6.07, 6.45) is 0. The number of benzene rings is 3. The van der Waals surface area contributed by atoms with Crippen LogP contribution in [0, 0.1) is 6.07 Å². The Morgan fingerprint density at radius 1 is 0.750 bits per heavy atom. The van der Waals surface area contributed by atoms with Crippen molar-refractivity contribution in [1.82, 2.24) is 0 Å². The predicted molar refractivity (Wildman–Crippen MR) is 103 cm³/mol. The number of hydrogen-bond donors (Lipinski definition) is 0. The van der Waals surface area contributed by atoms with E-state index in [4.69, 9.17) is 4.74 Å².